The second-order valence-electron chi connectivity index (χ2n) is 6.83. The maximum Gasteiger partial charge on any atom is 0.334 e. The Morgan fingerprint density at radius 2 is 2.27 bits per heavy atom. The third-order valence-electron chi connectivity index (χ3n) is 5.01. The molecule has 4 atom stereocenters. The van der Waals surface area contributed by atoms with Crippen LogP contribution < -0.4 is 0 Å². The fraction of sp³-hybridized carbons (Fsp3) is 0.550. The number of ether oxygens (including phenoxy) is 2. The van der Waals surface area contributed by atoms with Gasteiger partial charge in [-0.25, -0.2) is 4.79 Å². The highest BCUT2D eigenvalue weighted by Crippen LogP contribution is 2.36. The van der Waals surface area contributed by atoms with Gasteiger partial charge in [0.25, 0.3) is 0 Å². The molecule has 0 amide bonds. The van der Waals surface area contributed by atoms with Gasteiger partial charge in [-0.2, -0.15) is 0 Å². The standard InChI is InChI=1S/C20H26O6/c1-4-12(2)19(23)25-16-8-14(10-21)6-5-7-15(11-22)9-17-18(16)13(3)20(24)26-17/h6,9-10,12,16-18,22H,3-5,7-8,11H2,1-2H3. The Bertz CT molecular complexity index is 645. The zero-order valence-corrected chi connectivity index (χ0v) is 15.3. The van der Waals surface area contributed by atoms with Crippen molar-refractivity contribution in [2.75, 3.05) is 6.61 Å². The Balaban J connectivity index is 2.41. The van der Waals surface area contributed by atoms with Crippen LogP contribution in [0.4, 0.5) is 0 Å². The van der Waals surface area contributed by atoms with Crippen LogP contribution in [0.15, 0.2) is 35.5 Å². The predicted octanol–water partition coefficient (Wildman–Crippen LogP) is 2.27. The van der Waals surface area contributed by atoms with Crippen LogP contribution in [0.3, 0.4) is 0 Å². The second-order valence-corrected chi connectivity index (χ2v) is 6.83. The molecule has 1 fully saturated rings. The minimum Gasteiger partial charge on any atom is -0.461 e. The summed E-state index contributed by atoms with van der Waals surface area (Å²) >= 11 is 0. The average molecular weight is 362 g/mol. The van der Waals surface area contributed by atoms with Crippen molar-refractivity contribution in [3.05, 3.63) is 35.5 Å². The first-order valence-corrected chi connectivity index (χ1v) is 8.96. The number of allylic oxidation sites excluding steroid dienone is 1. The summed E-state index contributed by atoms with van der Waals surface area (Å²) in [6.07, 6.45) is 4.78. The van der Waals surface area contributed by atoms with Crippen LogP contribution in [0.1, 0.15) is 39.5 Å². The van der Waals surface area contributed by atoms with Gasteiger partial charge < -0.3 is 14.6 Å². The van der Waals surface area contributed by atoms with Crippen LogP contribution in [-0.4, -0.2) is 42.1 Å². The highest BCUT2D eigenvalue weighted by molar-refractivity contribution is 5.91. The minimum atomic E-state index is -0.730. The van der Waals surface area contributed by atoms with Gasteiger partial charge >= 0.3 is 11.9 Å². The molecule has 4 unspecified atom stereocenters. The van der Waals surface area contributed by atoms with Gasteiger partial charge in [-0.1, -0.05) is 26.5 Å². The molecule has 6 nitrogen and oxygen atoms in total. The van der Waals surface area contributed by atoms with Gasteiger partial charge in [-0.3, -0.25) is 9.59 Å². The summed E-state index contributed by atoms with van der Waals surface area (Å²) in [4.78, 5) is 35.9. The highest BCUT2D eigenvalue weighted by atomic mass is 16.6. The molecule has 2 aliphatic rings. The van der Waals surface area contributed by atoms with Gasteiger partial charge in [0, 0.05) is 12.0 Å². The number of aldehydes is 1. The third kappa shape index (κ3) is 4.49. The molecule has 0 aromatic carbocycles. The van der Waals surface area contributed by atoms with Gasteiger partial charge in [0.2, 0.25) is 0 Å². The molecule has 1 aliphatic carbocycles. The molecule has 1 aliphatic heterocycles. The molecular weight excluding hydrogens is 336 g/mol. The molecule has 0 aromatic heterocycles. The smallest absolute Gasteiger partial charge is 0.334 e. The van der Waals surface area contributed by atoms with Gasteiger partial charge in [-0.15, -0.1) is 0 Å². The van der Waals surface area contributed by atoms with Crippen molar-refractivity contribution < 1.29 is 29.0 Å². The number of rotatable bonds is 5. The summed E-state index contributed by atoms with van der Waals surface area (Å²) in [7, 11) is 0. The minimum absolute atomic E-state index is 0.172. The van der Waals surface area contributed by atoms with Crippen LogP contribution in [-0.2, 0) is 23.9 Å². The number of aliphatic hydroxyl groups is 1. The summed E-state index contributed by atoms with van der Waals surface area (Å²) in [5.74, 6) is -1.80. The lowest BCUT2D eigenvalue weighted by Gasteiger charge is -2.28. The second kappa shape index (κ2) is 8.94. The number of esters is 2. The molecule has 0 aromatic rings. The van der Waals surface area contributed by atoms with Crippen molar-refractivity contribution in [2.24, 2.45) is 11.8 Å². The van der Waals surface area contributed by atoms with Gasteiger partial charge in [0.05, 0.1) is 18.4 Å². The molecule has 6 heteroatoms. The maximum atomic E-state index is 12.3. The van der Waals surface area contributed by atoms with Crippen LogP contribution in [0, 0.1) is 11.8 Å². The van der Waals surface area contributed by atoms with Gasteiger partial charge in [-0.05, 0) is 36.5 Å². The molecule has 0 bridgehead atoms. The predicted molar refractivity (Wildman–Crippen MR) is 95.0 cm³/mol. The maximum absolute atomic E-state index is 12.3. The van der Waals surface area contributed by atoms with Crippen molar-refractivity contribution >= 4 is 18.2 Å². The van der Waals surface area contributed by atoms with Crippen molar-refractivity contribution in [1.29, 1.82) is 0 Å². The average Bonchev–Trinajstić information content (AvgIpc) is 2.91. The van der Waals surface area contributed by atoms with E-state index in [0.29, 0.717) is 30.4 Å². The fourth-order valence-corrected chi connectivity index (χ4v) is 3.16. The van der Waals surface area contributed by atoms with Crippen molar-refractivity contribution in [3.8, 4) is 0 Å². The molecule has 1 N–H and O–H groups in total. The van der Waals surface area contributed by atoms with E-state index < -0.39 is 24.1 Å². The Hall–Kier alpha value is -2.21. The van der Waals surface area contributed by atoms with Crippen molar-refractivity contribution in [2.45, 2.75) is 51.7 Å². The van der Waals surface area contributed by atoms with E-state index in [-0.39, 0.29) is 30.5 Å². The molecule has 0 spiro atoms. The molecule has 0 radical (unpaired) electrons. The first-order valence-electron chi connectivity index (χ1n) is 8.96. The molecule has 2 rings (SSSR count). The van der Waals surface area contributed by atoms with E-state index in [1.807, 2.05) is 6.92 Å². The summed E-state index contributed by atoms with van der Waals surface area (Å²) in [6.45, 7) is 7.29. The van der Waals surface area contributed by atoms with Gasteiger partial charge in [0.15, 0.2) is 0 Å². The fourth-order valence-electron chi connectivity index (χ4n) is 3.16. The highest BCUT2D eigenvalue weighted by Gasteiger charge is 2.44. The Morgan fingerprint density at radius 3 is 2.88 bits per heavy atom. The normalized spacial score (nSPS) is 27.6. The Morgan fingerprint density at radius 1 is 1.54 bits per heavy atom. The lowest BCUT2D eigenvalue weighted by Crippen LogP contribution is -2.35. The van der Waals surface area contributed by atoms with Crippen LogP contribution in [0.2, 0.25) is 0 Å². The number of fused-ring (bicyclic) bond motifs is 1. The summed E-state index contributed by atoms with van der Waals surface area (Å²) in [5, 5.41) is 9.55. The zero-order chi connectivity index (χ0) is 19.3. The Labute approximate surface area is 153 Å². The van der Waals surface area contributed by atoms with E-state index >= 15 is 0 Å². The number of hydrogen-bond donors (Lipinski definition) is 1. The molecule has 142 valence electrons. The first kappa shape index (κ1) is 20.1. The quantitative estimate of drug-likeness (QED) is 0.349. The monoisotopic (exact) mass is 362 g/mol. The van der Waals surface area contributed by atoms with Gasteiger partial charge in [0.1, 0.15) is 18.5 Å². The largest absolute Gasteiger partial charge is 0.461 e. The van der Waals surface area contributed by atoms with Crippen molar-refractivity contribution in [3.63, 3.8) is 0 Å². The number of carbonyl (C=O) groups is 3. The molecule has 26 heavy (non-hydrogen) atoms. The van der Waals surface area contributed by atoms with E-state index in [0.717, 1.165) is 6.29 Å². The van der Waals surface area contributed by atoms with Crippen molar-refractivity contribution in [1.82, 2.24) is 0 Å². The lowest BCUT2D eigenvalue weighted by atomic mass is 9.85. The van der Waals surface area contributed by atoms with Crippen LogP contribution in [0.25, 0.3) is 0 Å². The first-order chi connectivity index (χ1) is 12.4. The molecule has 1 heterocycles. The summed E-state index contributed by atoms with van der Waals surface area (Å²) in [5.41, 5.74) is 1.42. The molecule has 0 saturated carbocycles. The van der Waals surface area contributed by atoms with E-state index in [1.165, 1.54) is 0 Å². The van der Waals surface area contributed by atoms with E-state index in [4.69, 9.17) is 9.47 Å². The van der Waals surface area contributed by atoms with E-state index in [9.17, 15) is 19.5 Å². The molecule has 1 saturated heterocycles. The van der Waals surface area contributed by atoms with Crippen LogP contribution in [0.5, 0.6) is 0 Å². The molecular formula is C20H26O6. The number of carbonyl (C=O) groups excluding carboxylic acids is 3. The van der Waals surface area contributed by atoms with Crippen LogP contribution >= 0.6 is 0 Å². The van der Waals surface area contributed by atoms with E-state index in [2.05, 4.69) is 6.58 Å². The van der Waals surface area contributed by atoms with E-state index in [1.54, 1.807) is 19.1 Å². The number of aliphatic hydroxyl groups excluding tert-OH is 1. The topological polar surface area (TPSA) is 89.9 Å². The SMILES string of the molecule is C=C1C(=O)OC2C=C(CO)CCC=C(C=O)CC(OC(=O)C(C)CC)C12. The lowest BCUT2D eigenvalue weighted by molar-refractivity contribution is -0.156. The third-order valence-corrected chi connectivity index (χ3v) is 5.01. The summed E-state index contributed by atoms with van der Waals surface area (Å²) < 4.78 is 11.1. The summed E-state index contributed by atoms with van der Waals surface area (Å²) in [6, 6.07) is 0. The number of hydrogen-bond acceptors (Lipinski definition) is 6. The Kier molecular flexibility index (Phi) is 6.91. The zero-order valence-electron chi connectivity index (χ0n) is 15.3.